The van der Waals surface area contributed by atoms with Crippen molar-refractivity contribution < 1.29 is 9.53 Å². The predicted molar refractivity (Wildman–Crippen MR) is 83.6 cm³/mol. The normalized spacial score (nSPS) is 18.1. The molecular formula is C16H21N5O2. The number of rotatable bonds is 5. The van der Waals surface area contributed by atoms with Gasteiger partial charge in [0.2, 0.25) is 5.91 Å². The number of aromatic nitrogens is 4. The van der Waals surface area contributed by atoms with Crippen LogP contribution in [0.2, 0.25) is 0 Å². The van der Waals surface area contributed by atoms with Gasteiger partial charge >= 0.3 is 0 Å². The molecule has 7 heteroatoms. The average molecular weight is 315 g/mol. The van der Waals surface area contributed by atoms with Crippen molar-refractivity contribution in [1.82, 2.24) is 24.6 Å². The molecule has 2 aromatic heterocycles. The Labute approximate surface area is 135 Å². The van der Waals surface area contributed by atoms with Crippen molar-refractivity contribution in [2.45, 2.75) is 32.4 Å². The Kier molecular flexibility index (Phi) is 4.97. The van der Waals surface area contributed by atoms with Crippen LogP contribution in [0.15, 0.2) is 31.0 Å². The van der Waals surface area contributed by atoms with Crippen molar-refractivity contribution in [3.63, 3.8) is 0 Å². The minimum atomic E-state index is 0.0574. The van der Waals surface area contributed by atoms with Crippen molar-refractivity contribution >= 4 is 5.91 Å². The highest BCUT2D eigenvalue weighted by Crippen LogP contribution is 2.12. The third-order valence-electron chi connectivity index (χ3n) is 3.92. The minimum absolute atomic E-state index is 0.0574. The van der Waals surface area contributed by atoms with Crippen LogP contribution in [-0.4, -0.2) is 56.4 Å². The van der Waals surface area contributed by atoms with E-state index in [1.807, 2.05) is 24.1 Å². The van der Waals surface area contributed by atoms with E-state index in [0.717, 1.165) is 24.1 Å². The van der Waals surface area contributed by atoms with Crippen molar-refractivity contribution in [3.8, 4) is 0 Å². The molecule has 3 rings (SSSR count). The lowest BCUT2D eigenvalue weighted by molar-refractivity contribution is -0.139. The van der Waals surface area contributed by atoms with E-state index in [2.05, 4.69) is 15.1 Å². The molecule has 7 nitrogen and oxygen atoms in total. The van der Waals surface area contributed by atoms with E-state index < -0.39 is 0 Å². The van der Waals surface area contributed by atoms with Crippen LogP contribution in [-0.2, 0) is 22.5 Å². The second kappa shape index (κ2) is 7.32. The molecule has 0 bridgehead atoms. The molecule has 1 saturated heterocycles. The molecular weight excluding hydrogens is 294 g/mol. The standard InChI is InChI=1S/C16H21N5O2/c1-13-8-19-21(9-13)11-16(22)20-6-7-23-15(10-20)3-2-14-4-5-17-12-18-14/h4-5,8-9,12,15H,2-3,6-7,10-11H2,1H3/t15-/m0/s1. The third-order valence-corrected chi connectivity index (χ3v) is 3.92. The highest BCUT2D eigenvalue weighted by Gasteiger charge is 2.24. The zero-order valence-corrected chi connectivity index (χ0v) is 13.3. The van der Waals surface area contributed by atoms with Crippen LogP contribution >= 0.6 is 0 Å². The molecule has 0 N–H and O–H groups in total. The quantitative estimate of drug-likeness (QED) is 0.817. The number of ether oxygens (including phenoxy) is 1. The van der Waals surface area contributed by atoms with Crippen molar-refractivity contribution in [2.75, 3.05) is 19.7 Å². The summed E-state index contributed by atoms with van der Waals surface area (Å²) < 4.78 is 7.46. The monoisotopic (exact) mass is 315 g/mol. The zero-order valence-electron chi connectivity index (χ0n) is 13.3. The summed E-state index contributed by atoms with van der Waals surface area (Å²) in [4.78, 5) is 22.4. The molecule has 2 aromatic rings. The van der Waals surface area contributed by atoms with Gasteiger partial charge in [-0.3, -0.25) is 9.48 Å². The van der Waals surface area contributed by atoms with E-state index in [1.165, 1.54) is 0 Å². The molecule has 1 aliphatic heterocycles. The molecule has 122 valence electrons. The smallest absolute Gasteiger partial charge is 0.244 e. The van der Waals surface area contributed by atoms with Crippen LogP contribution in [0.5, 0.6) is 0 Å². The fourth-order valence-electron chi connectivity index (χ4n) is 2.69. The molecule has 23 heavy (non-hydrogen) atoms. The van der Waals surface area contributed by atoms with Crippen LogP contribution < -0.4 is 0 Å². The van der Waals surface area contributed by atoms with Gasteiger partial charge in [0.1, 0.15) is 12.9 Å². The first-order chi connectivity index (χ1) is 11.2. The Morgan fingerprint density at radius 3 is 3.13 bits per heavy atom. The summed E-state index contributed by atoms with van der Waals surface area (Å²) in [5.41, 5.74) is 2.06. The first kappa shape index (κ1) is 15.6. The van der Waals surface area contributed by atoms with E-state index in [-0.39, 0.29) is 18.6 Å². The first-order valence-corrected chi connectivity index (χ1v) is 7.84. The Hall–Kier alpha value is -2.28. The summed E-state index contributed by atoms with van der Waals surface area (Å²) in [5.74, 6) is 0.0865. The highest BCUT2D eigenvalue weighted by atomic mass is 16.5. The van der Waals surface area contributed by atoms with Crippen LogP contribution in [0.4, 0.5) is 0 Å². The molecule has 0 aromatic carbocycles. The van der Waals surface area contributed by atoms with Gasteiger partial charge in [-0.05, 0) is 31.4 Å². The molecule has 1 amide bonds. The van der Waals surface area contributed by atoms with Crippen molar-refractivity contribution in [3.05, 3.63) is 42.2 Å². The van der Waals surface area contributed by atoms with Gasteiger partial charge in [0.05, 0.1) is 18.9 Å². The van der Waals surface area contributed by atoms with Gasteiger partial charge in [0, 0.05) is 31.2 Å². The molecule has 0 saturated carbocycles. The average Bonchev–Trinajstić information content (AvgIpc) is 2.99. The fraction of sp³-hybridized carbons (Fsp3) is 0.500. The number of amides is 1. The Morgan fingerprint density at radius 2 is 2.39 bits per heavy atom. The van der Waals surface area contributed by atoms with E-state index >= 15 is 0 Å². The number of aryl methyl sites for hydroxylation is 2. The largest absolute Gasteiger partial charge is 0.375 e. The molecule has 1 aliphatic rings. The van der Waals surface area contributed by atoms with Crippen molar-refractivity contribution in [1.29, 1.82) is 0 Å². The number of hydrogen-bond acceptors (Lipinski definition) is 5. The van der Waals surface area contributed by atoms with Crippen LogP contribution in [0.1, 0.15) is 17.7 Å². The Bertz CT molecular complexity index is 643. The Morgan fingerprint density at radius 1 is 1.48 bits per heavy atom. The number of morpholine rings is 1. The topological polar surface area (TPSA) is 73.1 Å². The Balaban J connectivity index is 1.50. The molecule has 0 aliphatic carbocycles. The maximum atomic E-state index is 12.4. The summed E-state index contributed by atoms with van der Waals surface area (Å²) in [7, 11) is 0. The van der Waals surface area contributed by atoms with E-state index in [9.17, 15) is 4.79 Å². The summed E-state index contributed by atoms with van der Waals surface area (Å²) in [6.45, 7) is 4.10. The maximum absolute atomic E-state index is 12.4. The van der Waals surface area contributed by atoms with Gasteiger partial charge in [0.25, 0.3) is 0 Å². The molecule has 0 spiro atoms. The second-order valence-corrected chi connectivity index (χ2v) is 5.79. The first-order valence-electron chi connectivity index (χ1n) is 7.84. The van der Waals surface area contributed by atoms with Crippen LogP contribution in [0, 0.1) is 6.92 Å². The highest BCUT2D eigenvalue weighted by molar-refractivity contribution is 5.76. The van der Waals surface area contributed by atoms with Gasteiger partial charge in [-0.25, -0.2) is 9.97 Å². The fourth-order valence-corrected chi connectivity index (χ4v) is 2.69. The lowest BCUT2D eigenvalue weighted by Crippen LogP contribution is -2.46. The van der Waals surface area contributed by atoms with Gasteiger partial charge in [-0.15, -0.1) is 0 Å². The predicted octanol–water partition coefficient (Wildman–Crippen LogP) is 0.842. The summed E-state index contributed by atoms with van der Waals surface area (Å²) in [5, 5.41) is 4.17. The maximum Gasteiger partial charge on any atom is 0.244 e. The minimum Gasteiger partial charge on any atom is -0.375 e. The molecule has 1 atom stereocenters. The van der Waals surface area contributed by atoms with Gasteiger partial charge in [0.15, 0.2) is 0 Å². The summed E-state index contributed by atoms with van der Waals surface area (Å²) in [6.07, 6.45) is 8.67. The van der Waals surface area contributed by atoms with Crippen molar-refractivity contribution in [2.24, 2.45) is 0 Å². The zero-order chi connectivity index (χ0) is 16.1. The van der Waals surface area contributed by atoms with Crippen LogP contribution in [0.25, 0.3) is 0 Å². The second-order valence-electron chi connectivity index (χ2n) is 5.79. The van der Waals surface area contributed by atoms with E-state index in [1.54, 1.807) is 23.4 Å². The summed E-state index contributed by atoms with van der Waals surface area (Å²) in [6, 6.07) is 1.91. The molecule has 1 fully saturated rings. The summed E-state index contributed by atoms with van der Waals surface area (Å²) >= 11 is 0. The lowest BCUT2D eigenvalue weighted by Gasteiger charge is -2.33. The van der Waals surface area contributed by atoms with E-state index in [0.29, 0.717) is 19.7 Å². The number of carbonyl (C=O) groups is 1. The van der Waals surface area contributed by atoms with Gasteiger partial charge in [-0.1, -0.05) is 0 Å². The van der Waals surface area contributed by atoms with E-state index in [4.69, 9.17) is 4.74 Å². The SMILES string of the molecule is Cc1cnn(CC(=O)N2CCO[C@@H](CCc3ccncn3)C2)c1. The van der Waals surface area contributed by atoms with Gasteiger partial charge < -0.3 is 9.64 Å². The molecule has 3 heterocycles. The lowest BCUT2D eigenvalue weighted by atomic mass is 10.1. The van der Waals surface area contributed by atoms with Gasteiger partial charge in [-0.2, -0.15) is 5.10 Å². The number of carbonyl (C=O) groups excluding carboxylic acids is 1. The molecule has 0 unspecified atom stereocenters. The van der Waals surface area contributed by atoms with Crippen LogP contribution in [0.3, 0.4) is 0 Å². The number of nitrogens with zero attached hydrogens (tertiary/aromatic N) is 5. The number of hydrogen-bond donors (Lipinski definition) is 0. The third kappa shape index (κ3) is 4.35. The molecule has 0 radical (unpaired) electrons.